The van der Waals surface area contributed by atoms with Crippen molar-refractivity contribution in [2.45, 2.75) is 19.3 Å². The molecule has 1 unspecified atom stereocenters. The molecule has 6 heteroatoms. The summed E-state index contributed by atoms with van der Waals surface area (Å²) < 4.78 is 27.8. The Morgan fingerprint density at radius 1 is 1.56 bits per heavy atom. The van der Waals surface area contributed by atoms with E-state index >= 15 is 0 Å². The molecule has 0 bridgehead atoms. The third kappa shape index (κ3) is 2.69. The Kier molecular flexibility index (Phi) is 3.09. The van der Waals surface area contributed by atoms with Gasteiger partial charge in [0.2, 0.25) is 0 Å². The highest BCUT2D eigenvalue weighted by Crippen LogP contribution is 2.22. The van der Waals surface area contributed by atoms with Crippen LogP contribution in [0.1, 0.15) is 29.1 Å². The molecule has 0 radical (unpaired) electrons. The molecule has 2 rings (SSSR count). The molecule has 16 heavy (non-hydrogen) atoms. The van der Waals surface area contributed by atoms with E-state index in [1.807, 2.05) is 0 Å². The maximum Gasteiger partial charge on any atom is 0.171 e. The number of rotatable bonds is 3. The molecule has 1 saturated heterocycles. The Balaban J connectivity index is 2.01. The third-order valence-corrected chi connectivity index (χ3v) is 4.64. The van der Waals surface area contributed by atoms with Crippen molar-refractivity contribution in [1.82, 2.24) is 5.16 Å². The van der Waals surface area contributed by atoms with E-state index in [-0.39, 0.29) is 17.4 Å². The predicted molar refractivity (Wildman–Crippen MR) is 57.0 cm³/mol. The fraction of sp³-hybridized carbons (Fsp3) is 0.600. The van der Waals surface area contributed by atoms with E-state index < -0.39 is 9.84 Å². The molecule has 1 aromatic rings. The van der Waals surface area contributed by atoms with Crippen LogP contribution in [0.25, 0.3) is 0 Å². The second-order valence-electron chi connectivity index (χ2n) is 4.16. The van der Waals surface area contributed by atoms with Gasteiger partial charge in [0.05, 0.1) is 11.5 Å². The first-order valence-electron chi connectivity index (χ1n) is 5.20. The molecular formula is C10H13NO4S. The van der Waals surface area contributed by atoms with Gasteiger partial charge in [-0.25, -0.2) is 8.42 Å². The molecule has 2 heterocycles. The van der Waals surface area contributed by atoms with Gasteiger partial charge in [0.15, 0.2) is 16.1 Å². The van der Waals surface area contributed by atoms with Crippen LogP contribution in [-0.2, 0) is 16.3 Å². The number of hydrogen-bond acceptors (Lipinski definition) is 5. The lowest BCUT2D eigenvalue weighted by molar-refractivity contribution is 0.111. The standard InChI is InChI=1S/C10H13NO4S/c12-6-9-5-10(15-11-9)4-8-2-1-3-16(13,14)7-8/h5-6,8H,1-4,7H2. The number of nitrogens with zero attached hydrogens (tertiary/aromatic N) is 1. The summed E-state index contributed by atoms with van der Waals surface area (Å²) in [5, 5.41) is 3.54. The number of aldehydes is 1. The van der Waals surface area contributed by atoms with Gasteiger partial charge in [-0.05, 0) is 18.8 Å². The summed E-state index contributed by atoms with van der Waals surface area (Å²) in [7, 11) is -2.88. The predicted octanol–water partition coefficient (Wildman–Crippen LogP) is 0.854. The summed E-state index contributed by atoms with van der Waals surface area (Å²) in [5.74, 6) is 1.18. The molecule has 1 aliphatic heterocycles. The maximum absolute atomic E-state index is 11.4. The number of aromatic nitrogens is 1. The SMILES string of the molecule is O=Cc1cc(CC2CCCS(=O)(=O)C2)on1. The molecule has 88 valence electrons. The lowest BCUT2D eigenvalue weighted by atomic mass is 10.00. The minimum absolute atomic E-state index is 0.0891. The summed E-state index contributed by atoms with van der Waals surface area (Å²) in [6, 6.07) is 1.56. The molecule has 0 amide bonds. The zero-order valence-electron chi connectivity index (χ0n) is 8.76. The average molecular weight is 243 g/mol. The fourth-order valence-corrected chi connectivity index (χ4v) is 3.82. The van der Waals surface area contributed by atoms with Crippen molar-refractivity contribution >= 4 is 16.1 Å². The Hall–Kier alpha value is -1.17. The Morgan fingerprint density at radius 2 is 2.38 bits per heavy atom. The summed E-state index contributed by atoms with van der Waals surface area (Å²) in [4.78, 5) is 10.4. The number of hydrogen-bond donors (Lipinski definition) is 0. The van der Waals surface area contributed by atoms with Crippen LogP contribution in [0.5, 0.6) is 0 Å². The van der Waals surface area contributed by atoms with Crippen molar-refractivity contribution < 1.29 is 17.7 Å². The average Bonchev–Trinajstić information content (AvgIpc) is 2.64. The number of carbonyl (C=O) groups is 1. The van der Waals surface area contributed by atoms with Crippen LogP contribution in [0.3, 0.4) is 0 Å². The van der Waals surface area contributed by atoms with Crippen LogP contribution in [0.2, 0.25) is 0 Å². The normalized spacial score (nSPS) is 24.1. The molecular weight excluding hydrogens is 230 g/mol. The summed E-state index contributed by atoms with van der Waals surface area (Å²) in [6.07, 6.45) is 2.75. The van der Waals surface area contributed by atoms with Gasteiger partial charge in [-0.2, -0.15) is 0 Å². The lowest BCUT2D eigenvalue weighted by Crippen LogP contribution is -2.26. The van der Waals surface area contributed by atoms with Gasteiger partial charge >= 0.3 is 0 Å². The van der Waals surface area contributed by atoms with Gasteiger partial charge < -0.3 is 4.52 Å². The van der Waals surface area contributed by atoms with Crippen LogP contribution in [0.4, 0.5) is 0 Å². The molecule has 0 aromatic carbocycles. The Morgan fingerprint density at radius 3 is 3.00 bits per heavy atom. The number of carbonyl (C=O) groups excluding carboxylic acids is 1. The molecule has 1 atom stereocenters. The van der Waals surface area contributed by atoms with Gasteiger partial charge in [0.25, 0.3) is 0 Å². The van der Waals surface area contributed by atoms with Crippen LogP contribution in [0, 0.1) is 5.92 Å². The van der Waals surface area contributed by atoms with Crippen molar-refractivity contribution in [3.05, 3.63) is 17.5 Å². The van der Waals surface area contributed by atoms with Crippen LogP contribution >= 0.6 is 0 Å². The zero-order valence-corrected chi connectivity index (χ0v) is 9.57. The van der Waals surface area contributed by atoms with Gasteiger partial charge in [0.1, 0.15) is 11.5 Å². The molecule has 1 aliphatic rings. The first kappa shape index (κ1) is 11.3. The smallest absolute Gasteiger partial charge is 0.171 e. The van der Waals surface area contributed by atoms with E-state index in [1.165, 1.54) is 0 Å². The van der Waals surface area contributed by atoms with Crippen molar-refractivity contribution in [2.75, 3.05) is 11.5 Å². The van der Waals surface area contributed by atoms with E-state index in [0.717, 1.165) is 6.42 Å². The van der Waals surface area contributed by atoms with Crippen LogP contribution < -0.4 is 0 Å². The molecule has 0 aliphatic carbocycles. The van der Waals surface area contributed by atoms with Gasteiger partial charge in [-0.1, -0.05) is 5.16 Å². The summed E-state index contributed by atoms with van der Waals surface area (Å²) in [6.45, 7) is 0. The van der Waals surface area contributed by atoms with Gasteiger partial charge in [-0.3, -0.25) is 4.79 Å². The van der Waals surface area contributed by atoms with Crippen molar-refractivity contribution in [1.29, 1.82) is 0 Å². The third-order valence-electron chi connectivity index (χ3n) is 2.75. The highest BCUT2D eigenvalue weighted by Gasteiger charge is 2.25. The zero-order chi connectivity index (χ0) is 11.6. The first-order valence-corrected chi connectivity index (χ1v) is 7.02. The Labute approximate surface area is 93.7 Å². The molecule has 0 saturated carbocycles. The van der Waals surface area contributed by atoms with E-state index in [2.05, 4.69) is 5.16 Å². The Bertz CT molecular complexity index is 477. The van der Waals surface area contributed by atoms with Crippen LogP contribution in [-0.4, -0.2) is 31.4 Å². The highest BCUT2D eigenvalue weighted by molar-refractivity contribution is 7.91. The quantitative estimate of drug-likeness (QED) is 0.736. The molecule has 5 nitrogen and oxygen atoms in total. The van der Waals surface area contributed by atoms with Gasteiger partial charge in [0, 0.05) is 12.5 Å². The molecule has 1 fully saturated rings. The van der Waals surface area contributed by atoms with Crippen molar-refractivity contribution in [2.24, 2.45) is 5.92 Å². The minimum Gasteiger partial charge on any atom is -0.361 e. The van der Waals surface area contributed by atoms with E-state index in [0.29, 0.717) is 30.6 Å². The first-order chi connectivity index (χ1) is 7.59. The summed E-state index contributed by atoms with van der Waals surface area (Å²) >= 11 is 0. The monoisotopic (exact) mass is 243 g/mol. The topological polar surface area (TPSA) is 77.2 Å². The second kappa shape index (κ2) is 4.37. The highest BCUT2D eigenvalue weighted by atomic mass is 32.2. The molecule has 0 N–H and O–H groups in total. The lowest BCUT2D eigenvalue weighted by Gasteiger charge is -2.20. The van der Waals surface area contributed by atoms with Crippen molar-refractivity contribution in [3.63, 3.8) is 0 Å². The molecule has 1 aromatic heterocycles. The van der Waals surface area contributed by atoms with Gasteiger partial charge in [-0.15, -0.1) is 0 Å². The van der Waals surface area contributed by atoms with E-state index in [9.17, 15) is 13.2 Å². The fourth-order valence-electron chi connectivity index (χ4n) is 2.04. The largest absolute Gasteiger partial charge is 0.361 e. The minimum atomic E-state index is -2.88. The van der Waals surface area contributed by atoms with Crippen LogP contribution in [0.15, 0.2) is 10.6 Å². The second-order valence-corrected chi connectivity index (χ2v) is 6.39. The summed E-state index contributed by atoms with van der Waals surface area (Å²) in [5.41, 5.74) is 0.258. The number of sulfone groups is 1. The molecule has 0 spiro atoms. The van der Waals surface area contributed by atoms with E-state index in [1.54, 1.807) is 6.07 Å². The van der Waals surface area contributed by atoms with Crippen molar-refractivity contribution in [3.8, 4) is 0 Å². The maximum atomic E-state index is 11.4. The van der Waals surface area contributed by atoms with E-state index in [4.69, 9.17) is 4.52 Å².